The Morgan fingerprint density at radius 2 is 2.26 bits per heavy atom. The SMILES string of the molecule is CCNC(c1c(F)cccc1Cl)C1CCS(=O)(=O)C1. The lowest BCUT2D eigenvalue weighted by Crippen LogP contribution is -2.30. The number of benzene rings is 1. The van der Waals surface area contributed by atoms with Gasteiger partial charge in [-0.2, -0.15) is 0 Å². The van der Waals surface area contributed by atoms with Gasteiger partial charge in [-0.1, -0.05) is 24.6 Å². The summed E-state index contributed by atoms with van der Waals surface area (Å²) in [6.07, 6.45) is 0.546. The van der Waals surface area contributed by atoms with Crippen molar-refractivity contribution >= 4 is 21.4 Å². The van der Waals surface area contributed by atoms with Crippen molar-refractivity contribution in [2.45, 2.75) is 19.4 Å². The van der Waals surface area contributed by atoms with E-state index < -0.39 is 9.84 Å². The largest absolute Gasteiger partial charge is 0.310 e. The van der Waals surface area contributed by atoms with Gasteiger partial charge in [0.05, 0.1) is 11.5 Å². The molecule has 1 aromatic rings. The Bertz CT molecular complexity index is 542. The summed E-state index contributed by atoms with van der Waals surface area (Å²) in [5, 5.41) is 3.51. The summed E-state index contributed by atoms with van der Waals surface area (Å²) in [7, 11) is -3.00. The molecule has 0 spiro atoms. The van der Waals surface area contributed by atoms with Crippen molar-refractivity contribution in [1.29, 1.82) is 0 Å². The first-order chi connectivity index (χ1) is 8.94. The van der Waals surface area contributed by atoms with E-state index in [0.717, 1.165) is 0 Å². The quantitative estimate of drug-likeness (QED) is 0.930. The van der Waals surface area contributed by atoms with Crippen molar-refractivity contribution in [3.8, 4) is 0 Å². The topological polar surface area (TPSA) is 46.2 Å². The van der Waals surface area contributed by atoms with E-state index in [-0.39, 0.29) is 29.3 Å². The monoisotopic (exact) mass is 305 g/mol. The lowest BCUT2D eigenvalue weighted by atomic mass is 9.92. The normalized spacial score (nSPS) is 23.4. The van der Waals surface area contributed by atoms with Crippen LogP contribution in [-0.2, 0) is 9.84 Å². The van der Waals surface area contributed by atoms with Gasteiger partial charge in [0.1, 0.15) is 5.82 Å². The fourth-order valence-corrected chi connectivity index (χ4v) is 4.74. The lowest BCUT2D eigenvalue weighted by molar-refractivity contribution is 0.387. The number of hydrogen-bond donors (Lipinski definition) is 1. The maximum atomic E-state index is 14.0. The Morgan fingerprint density at radius 1 is 1.53 bits per heavy atom. The van der Waals surface area contributed by atoms with E-state index in [2.05, 4.69) is 5.32 Å². The van der Waals surface area contributed by atoms with E-state index >= 15 is 0 Å². The van der Waals surface area contributed by atoms with E-state index in [9.17, 15) is 12.8 Å². The van der Waals surface area contributed by atoms with Crippen molar-refractivity contribution in [2.75, 3.05) is 18.1 Å². The molecular formula is C13H17ClFNO2S. The zero-order valence-electron chi connectivity index (χ0n) is 10.7. The van der Waals surface area contributed by atoms with Gasteiger partial charge >= 0.3 is 0 Å². The molecule has 1 fully saturated rings. The molecule has 1 aliphatic rings. The molecule has 2 atom stereocenters. The van der Waals surface area contributed by atoms with Crippen molar-refractivity contribution in [2.24, 2.45) is 5.92 Å². The average molecular weight is 306 g/mol. The molecule has 0 aliphatic carbocycles. The first kappa shape index (κ1) is 14.8. The highest BCUT2D eigenvalue weighted by atomic mass is 35.5. The predicted octanol–water partition coefficient (Wildman–Crippen LogP) is 2.56. The van der Waals surface area contributed by atoms with E-state index in [4.69, 9.17) is 11.6 Å². The lowest BCUT2D eigenvalue weighted by Gasteiger charge is -2.25. The standard InChI is InChI=1S/C13H17ClFNO2S/c1-2-16-13(9-6-7-19(17,18)8-9)12-10(14)4-3-5-11(12)15/h3-5,9,13,16H,2,6-8H2,1H3. The molecule has 0 aromatic heterocycles. The predicted molar refractivity (Wildman–Crippen MR) is 74.6 cm³/mol. The Morgan fingerprint density at radius 3 is 2.79 bits per heavy atom. The Balaban J connectivity index is 2.36. The fourth-order valence-electron chi connectivity index (χ4n) is 2.62. The third-order valence-corrected chi connectivity index (χ3v) is 5.60. The Labute approximate surface area is 118 Å². The molecule has 1 heterocycles. The van der Waals surface area contributed by atoms with Gasteiger partial charge in [0.25, 0.3) is 0 Å². The molecule has 0 saturated carbocycles. The molecule has 0 bridgehead atoms. The fraction of sp³-hybridized carbons (Fsp3) is 0.538. The van der Waals surface area contributed by atoms with Gasteiger partial charge in [0.15, 0.2) is 9.84 Å². The molecule has 2 unspecified atom stereocenters. The van der Waals surface area contributed by atoms with Crippen molar-refractivity contribution in [1.82, 2.24) is 5.32 Å². The highest BCUT2D eigenvalue weighted by molar-refractivity contribution is 7.91. The average Bonchev–Trinajstić information content (AvgIpc) is 2.68. The van der Waals surface area contributed by atoms with E-state index in [1.807, 2.05) is 6.92 Å². The van der Waals surface area contributed by atoms with Gasteiger partial charge in [-0.15, -0.1) is 0 Å². The maximum absolute atomic E-state index is 14.0. The van der Waals surface area contributed by atoms with Crippen LogP contribution in [0.4, 0.5) is 4.39 Å². The van der Waals surface area contributed by atoms with Crippen LogP contribution in [0.15, 0.2) is 18.2 Å². The van der Waals surface area contributed by atoms with Crippen molar-refractivity contribution in [3.63, 3.8) is 0 Å². The second-order valence-corrected chi connectivity index (χ2v) is 7.47. The van der Waals surface area contributed by atoms with E-state index in [0.29, 0.717) is 23.6 Å². The zero-order chi connectivity index (χ0) is 14.0. The van der Waals surface area contributed by atoms with Crippen LogP contribution in [0.25, 0.3) is 0 Å². The third-order valence-electron chi connectivity index (χ3n) is 3.47. The zero-order valence-corrected chi connectivity index (χ0v) is 12.3. The summed E-state index contributed by atoms with van der Waals surface area (Å²) in [5.74, 6) is -0.247. The molecule has 1 saturated heterocycles. The van der Waals surface area contributed by atoms with Crippen LogP contribution in [-0.4, -0.2) is 26.5 Å². The molecule has 0 radical (unpaired) electrons. The second kappa shape index (κ2) is 5.77. The van der Waals surface area contributed by atoms with Crippen LogP contribution in [0.2, 0.25) is 5.02 Å². The molecule has 0 amide bonds. The second-order valence-electron chi connectivity index (χ2n) is 4.83. The van der Waals surface area contributed by atoms with Crippen LogP contribution >= 0.6 is 11.6 Å². The first-order valence-corrected chi connectivity index (χ1v) is 8.52. The van der Waals surface area contributed by atoms with Crippen LogP contribution in [0.5, 0.6) is 0 Å². The molecule has 1 aliphatic heterocycles. The summed E-state index contributed by atoms with van der Waals surface area (Å²) < 4.78 is 37.2. The molecule has 2 rings (SSSR count). The van der Waals surface area contributed by atoms with Gasteiger partial charge < -0.3 is 5.32 Å². The molecule has 1 N–H and O–H groups in total. The molecule has 1 aromatic carbocycles. The number of halogens is 2. The summed E-state index contributed by atoms with van der Waals surface area (Å²) in [6, 6.07) is 4.19. The summed E-state index contributed by atoms with van der Waals surface area (Å²) in [6.45, 7) is 2.54. The van der Waals surface area contributed by atoms with Gasteiger partial charge in [-0.25, -0.2) is 12.8 Å². The minimum absolute atomic E-state index is 0.0926. The number of sulfone groups is 1. The maximum Gasteiger partial charge on any atom is 0.150 e. The molecular weight excluding hydrogens is 289 g/mol. The summed E-state index contributed by atoms with van der Waals surface area (Å²) in [4.78, 5) is 0. The van der Waals surface area contributed by atoms with Crippen molar-refractivity contribution in [3.05, 3.63) is 34.6 Å². The van der Waals surface area contributed by atoms with Crippen molar-refractivity contribution < 1.29 is 12.8 Å². The highest BCUT2D eigenvalue weighted by Crippen LogP contribution is 2.36. The number of hydrogen-bond acceptors (Lipinski definition) is 3. The van der Waals surface area contributed by atoms with Crippen LogP contribution in [0, 0.1) is 11.7 Å². The molecule has 106 valence electrons. The summed E-state index contributed by atoms with van der Waals surface area (Å²) >= 11 is 6.08. The molecule has 3 nitrogen and oxygen atoms in total. The van der Waals surface area contributed by atoms with E-state index in [1.54, 1.807) is 12.1 Å². The van der Waals surface area contributed by atoms with Crippen LogP contribution in [0.1, 0.15) is 24.9 Å². The smallest absolute Gasteiger partial charge is 0.150 e. The van der Waals surface area contributed by atoms with Gasteiger partial charge in [0, 0.05) is 16.6 Å². The van der Waals surface area contributed by atoms with Gasteiger partial charge in [-0.05, 0) is 31.0 Å². The van der Waals surface area contributed by atoms with Gasteiger partial charge in [-0.3, -0.25) is 0 Å². The minimum Gasteiger partial charge on any atom is -0.310 e. The van der Waals surface area contributed by atoms with E-state index in [1.165, 1.54) is 6.07 Å². The Kier molecular flexibility index (Phi) is 4.48. The Hall–Kier alpha value is -0.650. The van der Waals surface area contributed by atoms with Gasteiger partial charge in [0.2, 0.25) is 0 Å². The van der Waals surface area contributed by atoms with Crippen LogP contribution in [0.3, 0.4) is 0 Å². The highest BCUT2D eigenvalue weighted by Gasteiger charge is 2.35. The number of nitrogens with one attached hydrogen (secondary N) is 1. The van der Waals surface area contributed by atoms with Crippen LogP contribution < -0.4 is 5.32 Å². The number of rotatable bonds is 4. The minimum atomic E-state index is -3.00. The third kappa shape index (κ3) is 3.27. The summed E-state index contributed by atoms with van der Waals surface area (Å²) in [5.41, 5.74) is 0.383. The molecule has 6 heteroatoms. The molecule has 19 heavy (non-hydrogen) atoms. The first-order valence-electron chi connectivity index (χ1n) is 6.32.